The molecular weight excluding hydrogens is 298 g/mol. The number of carbonyl (C=O) groups excluding carboxylic acids is 1. The minimum absolute atomic E-state index is 0.0529. The van der Waals surface area contributed by atoms with Crippen LogP contribution in [0.1, 0.15) is 25.7 Å². The van der Waals surface area contributed by atoms with E-state index < -0.39 is 5.97 Å². The monoisotopic (exact) mass is 321 g/mol. The second kappa shape index (κ2) is 8.53. The number of carboxylic acids is 1. The van der Waals surface area contributed by atoms with Crippen molar-refractivity contribution in [3.05, 3.63) is 24.3 Å². The molecule has 1 aromatic carbocycles. The molecule has 1 amide bonds. The highest BCUT2D eigenvalue weighted by Crippen LogP contribution is 2.30. The van der Waals surface area contributed by atoms with Crippen molar-refractivity contribution in [1.29, 1.82) is 0 Å². The molecular formula is C17H23NO5. The van der Waals surface area contributed by atoms with Crippen LogP contribution in [-0.2, 0) is 14.3 Å². The van der Waals surface area contributed by atoms with Gasteiger partial charge in [0.25, 0.3) is 0 Å². The molecule has 1 aromatic rings. The highest BCUT2D eigenvalue weighted by Gasteiger charge is 2.29. The maximum Gasteiger partial charge on any atom is 0.306 e. The van der Waals surface area contributed by atoms with Gasteiger partial charge in [0.05, 0.1) is 12.5 Å². The number of aliphatic carboxylic acids is 1. The number of nitrogens with one attached hydrogen (secondary N) is 1. The van der Waals surface area contributed by atoms with E-state index in [0.29, 0.717) is 50.3 Å². The molecule has 1 aliphatic rings. The second-order valence-electron chi connectivity index (χ2n) is 5.75. The zero-order valence-corrected chi connectivity index (χ0v) is 13.3. The van der Waals surface area contributed by atoms with E-state index in [0.717, 1.165) is 0 Å². The van der Waals surface area contributed by atoms with E-state index in [4.69, 9.17) is 14.6 Å². The number of hydrogen-bond acceptors (Lipinski definition) is 4. The number of methoxy groups -OCH3 is 1. The standard InChI is InChI=1S/C17H23NO5/c1-22-9-10-23-15-4-2-3-14(11-15)18-16(19)12-5-7-13(8-6-12)17(20)21/h2-4,11-13H,5-10H2,1H3,(H,18,19)(H,20,21). The Bertz CT molecular complexity index is 538. The third kappa shape index (κ3) is 5.25. The molecule has 0 unspecified atom stereocenters. The molecule has 1 saturated carbocycles. The predicted octanol–water partition coefficient (Wildman–Crippen LogP) is 2.54. The summed E-state index contributed by atoms with van der Waals surface area (Å²) in [5.74, 6) is -0.567. The third-order valence-corrected chi connectivity index (χ3v) is 4.10. The van der Waals surface area contributed by atoms with E-state index in [1.807, 2.05) is 18.2 Å². The third-order valence-electron chi connectivity index (χ3n) is 4.10. The van der Waals surface area contributed by atoms with E-state index in [1.54, 1.807) is 13.2 Å². The smallest absolute Gasteiger partial charge is 0.306 e. The van der Waals surface area contributed by atoms with Crippen LogP contribution in [0.15, 0.2) is 24.3 Å². The van der Waals surface area contributed by atoms with E-state index in [2.05, 4.69) is 5.32 Å². The first-order chi connectivity index (χ1) is 11.1. The average molecular weight is 321 g/mol. The summed E-state index contributed by atoms with van der Waals surface area (Å²) >= 11 is 0. The van der Waals surface area contributed by atoms with Gasteiger partial charge in [-0.3, -0.25) is 9.59 Å². The van der Waals surface area contributed by atoms with Gasteiger partial charge in [-0.15, -0.1) is 0 Å². The van der Waals surface area contributed by atoms with Crippen molar-refractivity contribution in [3.8, 4) is 5.75 Å². The number of benzene rings is 1. The number of ether oxygens (including phenoxy) is 2. The maximum atomic E-state index is 12.3. The van der Waals surface area contributed by atoms with Gasteiger partial charge < -0.3 is 19.9 Å². The first-order valence-corrected chi connectivity index (χ1v) is 7.85. The van der Waals surface area contributed by atoms with Crippen molar-refractivity contribution in [1.82, 2.24) is 0 Å². The summed E-state index contributed by atoms with van der Waals surface area (Å²) in [6.07, 6.45) is 2.36. The second-order valence-corrected chi connectivity index (χ2v) is 5.75. The van der Waals surface area contributed by atoms with Crippen LogP contribution in [0, 0.1) is 11.8 Å². The van der Waals surface area contributed by atoms with Crippen molar-refractivity contribution >= 4 is 17.6 Å². The van der Waals surface area contributed by atoms with Crippen molar-refractivity contribution < 1.29 is 24.2 Å². The fraction of sp³-hybridized carbons (Fsp3) is 0.529. The van der Waals surface area contributed by atoms with Crippen LogP contribution in [-0.4, -0.2) is 37.3 Å². The largest absolute Gasteiger partial charge is 0.491 e. The lowest BCUT2D eigenvalue weighted by Gasteiger charge is -2.25. The fourth-order valence-electron chi connectivity index (χ4n) is 2.75. The van der Waals surface area contributed by atoms with Crippen molar-refractivity contribution in [2.24, 2.45) is 11.8 Å². The number of carboxylic acid groups (broad SMARTS) is 1. The summed E-state index contributed by atoms with van der Waals surface area (Å²) < 4.78 is 10.4. The van der Waals surface area contributed by atoms with E-state index in [1.165, 1.54) is 0 Å². The van der Waals surface area contributed by atoms with Gasteiger partial charge in [-0.25, -0.2) is 0 Å². The van der Waals surface area contributed by atoms with Gasteiger partial charge in [0.1, 0.15) is 12.4 Å². The summed E-state index contributed by atoms with van der Waals surface area (Å²) in [7, 11) is 1.61. The van der Waals surface area contributed by atoms with Gasteiger partial charge in [-0.05, 0) is 37.8 Å². The molecule has 0 bridgehead atoms. The molecule has 126 valence electrons. The topological polar surface area (TPSA) is 84.9 Å². The number of amides is 1. The number of anilines is 1. The average Bonchev–Trinajstić information content (AvgIpc) is 2.55. The molecule has 2 rings (SSSR count). The molecule has 23 heavy (non-hydrogen) atoms. The Labute approximate surface area is 135 Å². The molecule has 0 radical (unpaired) electrons. The molecule has 0 saturated heterocycles. The van der Waals surface area contributed by atoms with Crippen LogP contribution in [0.4, 0.5) is 5.69 Å². The summed E-state index contributed by atoms with van der Waals surface area (Å²) in [6, 6.07) is 7.23. The van der Waals surface area contributed by atoms with Crippen LogP contribution < -0.4 is 10.1 Å². The van der Waals surface area contributed by atoms with Crippen molar-refractivity contribution in [2.45, 2.75) is 25.7 Å². The Morgan fingerprint density at radius 3 is 2.52 bits per heavy atom. The minimum atomic E-state index is -0.759. The van der Waals surface area contributed by atoms with Gasteiger partial charge in [0.15, 0.2) is 0 Å². The Balaban J connectivity index is 1.85. The number of hydrogen-bond donors (Lipinski definition) is 2. The Morgan fingerprint density at radius 2 is 1.87 bits per heavy atom. The quantitative estimate of drug-likeness (QED) is 0.754. The first-order valence-electron chi connectivity index (χ1n) is 7.85. The van der Waals surface area contributed by atoms with Gasteiger partial charge in [-0.1, -0.05) is 6.07 Å². The zero-order valence-electron chi connectivity index (χ0n) is 13.3. The fourth-order valence-corrected chi connectivity index (χ4v) is 2.75. The Kier molecular flexibility index (Phi) is 6.40. The first kappa shape index (κ1) is 17.3. The van der Waals surface area contributed by atoms with Crippen molar-refractivity contribution in [2.75, 3.05) is 25.6 Å². The van der Waals surface area contributed by atoms with Crippen LogP contribution in [0.3, 0.4) is 0 Å². The van der Waals surface area contributed by atoms with Gasteiger partial charge in [-0.2, -0.15) is 0 Å². The van der Waals surface area contributed by atoms with Crippen LogP contribution >= 0.6 is 0 Å². The molecule has 6 nitrogen and oxygen atoms in total. The van der Waals surface area contributed by atoms with Crippen LogP contribution in [0.2, 0.25) is 0 Å². The highest BCUT2D eigenvalue weighted by atomic mass is 16.5. The van der Waals surface area contributed by atoms with E-state index in [-0.39, 0.29) is 17.7 Å². The van der Waals surface area contributed by atoms with Crippen molar-refractivity contribution in [3.63, 3.8) is 0 Å². The molecule has 0 spiro atoms. The van der Waals surface area contributed by atoms with Gasteiger partial charge in [0.2, 0.25) is 5.91 Å². The molecule has 2 N–H and O–H groups in total. The molecule has 6 heteroatoms. The summed E-state index contributed by atoms with van der Waals surface area (Å²) in [5.41, 5.74) is 0.685. The van der Waals surface area contributed by atoms with Crippen LogP contribution in [0.25, 0.3) is 0 Å². The lowest BCUT2D eigenvalue weighted by atomic mass is 9.81. The molecule has 1 aliphatic carbocycles. The van der Waals surface area contributed by atoms with Gasteiger partial charge >= 0.3 is 5.97 Å². The van der Waals surface area contributed by atoms with Gasteiger partial charge in [0, 0.05) is 24.8 Å². The number of rotatable bonds is 7. The lowest BCUT2D eigenvalue weighted by Crippen LogP contribution is -2.29. The van der Waals surface area contributed by atoms with E-state index in [9.17, 15) is 9.59 Å². The highest BCUT2D eigenvalue weighted by molar-refractivity contribution is 5.92. The molecule has 1 fully saturated rings. The molecule has 0 aliphatic heterocycles. The van der Waals surface area contributed by atoms with Crippen LogP contribution in [0.5, 0.6) is 5.75 Å². The Morgan fingerprint density at radius 1 is 1.17 bits per heavy atom. The summed E-state index contributed by atoms with van der Waals surface area (Å²) in [6.45, 7) is 0.955. The Hall–Kier alpha value is -2.08. The normalized spacial score (nSPS) is 20.7. The molecule has 0 atom stereocenters. The lowest BCUT2D eigenvalue weighted by molar-refractivity contribution is -0.143. The maximum absolute atomic E-state index is 12.3. The zero-order chi connectivity index (χ0) is 16.7. The summed E-state index contributed by atoms with van der Waals surface area (Å²) in [4.78, 5) is 23.2. The molecule has 0 heterocycles. The SMILES string of the molecule is COCCOc1cccc(NC(=O)C2CCC(C(=O)O)CC2)c1. The number of carbonyl (C=O) groups is 2. The minimum Gasteiger partial charge on any atom is -0.491 e. The molecule has 0 aromatic heterocycles. The predicted molar refractivity (Wildman–Crippen MR) is 85.5 cm³/mol. The van der Waals surface area contributed by atoms with E-state index >= 15 is 0 Å². The summed E-state index contributed by atoms with van der Waals surface area (Å²) in [5, 5.41) is 11.9.